The Labute approximate surface area is 126 Å². The fourth-order valence-corrected chi connectivity index (χ4v) is 2.78. The van der Waals surface area contributed by atoms with Crippen LogP contribution in [0.25, 0.3) is 10.9 Å². The summed E-state index contributed by atoms with van der Waals surface area (Å²) in [5, 5.41) is 4.76. The van der Waals surface area contributed by atoms with Crippen molar-refractivity contribution in [1.29, 1.82) is 0 Å². The lowest BCUT2D eigenvalue weighted by atomic mass is 10.1. The van der Waals surface area contributed by atoms with Crippen LogP contribution in [0.4, 0.5) is 0 Å². The lowest BCUT2D eigenvalue weighted by molar-refractivity contribution is 0.0385. The highest BCUT2D eigenvalue weighted by Crippen LogP contribution is 2.15. The molecule has 1 aromatic carbocycles. The monoisotopic (exact) mass is 285 g/mol. The van der Waals surface area contributed by atoms with Gasteiger partial charge in [0.05, 0.1) is 18.7 Å². The number of nitrogens with one attached hydrogen (secondary N) is 1. The minimum atomic E-state index is 0.877. The van der Waals surface area contributed by atoms with E-state index in [1.54, 1.807) is 0 Å². The van der Waals surface area contributed by atoms with Crippen LogP contribution < -0.4 is 5.32 Å². The van der Waals surface area contributed by atoms with Crippen molar-refractivity contribution in [3.05, 3.63) is 42.1 Å². The number of rotatable bonds is 6. The summed E-state index contributed by atoms with van der Waals surface area (Å²) in [5.74, 6) is 0. The van der Waals surface area contributed by atoms with Crippen LogP contribution in [-0.2, 0) is 11.2 Å². The van der Waals surface area contributed by atoms with Gasteiger partial charge in [0.25, 0.3) is 0 Å². The number of ether oxygens (including phenoxy) is 1. The second-order valence-electron chi connectivity index (χ2n) is 5.45. The summed E-state index contributed by atoms with van der Waals surface area (Å²) in [6, 6.07) is 10.5. The largest absolute Gasteiger partial charge is 0.379 e. The summed E-state index contributed by atoms with van der Waals surface area (Å²) in [4.78, 5) is 6.96. The molecule has 4 heteroatoms. The van der Waals surface area contributed by atoms with Crippen molar-refractivity contribution < 1.29 is 4.74 Å². The molecule has 2 aromatic rings. The van der Waals surface area contributed by atoms with Gasteiger partial charge in [-0.3, -0.25) is 9.88 Å². The van der Waals surface area contributed by atoms with Crippen LogP contribution in [0.15, 0.2) is 36.5 Å². The van der Waals surface area contributed by atoms with Gasteiger partial charge in [-0.15, -0.1) is 0 Å². The highest BCUT2D eigenvalue weighted by molar-refractivity contribution is 5.81. The molecule has 1 aliphatic heterocycles. The molecule has 1 saturated heterocycles. The van der Waals surface area contributed by atoms with E-state index in [2.05, 4.69) is 39.5 Å². The van der Waals surface area contributed by atoms with Crippen LogP contribution in [-0.4, -0.2) is 55.8 Å². The van der Waals surface area contributed by atoms with Crippen molar-refractivity contribution in [2.24, 2.45) is 0 Å². The molecule has 112 valence electrons. The third kappa shape index (κ3) is 4.00. The zero-order valence-electron chi connectivity index (χ0n) is 12.4. The second kappa shape index (κ2) is 7.50. The first kappa shape index (κ1) is 14.4. The van der Waals surface area contributed by atoms with Gasteiger partial charge in [-0.25, -0.2) is 0 Å². The zero-order chi connectivity index (χ0) is 14.3. The molecule has 0 amide bonds. The standard InChI is InChI=1S/C17H23N3O/c1-3-15-5-2-7-19-17(15)16(4-1)6-8-18-9-10-20-11-13-21-14-12-20/h1-5,7,18H,6,8-14H2. The number of pyridine rings is 1. The minimum Gasteiger partial charge on any atom is -0.379 e. The molecule has 1 fully saturated rings. The Morgan fingerprint density at radius 3 is 2.86 bits per heavy atom. The van der Waals surface area contributed by atoms with E-state index in [-0.39, 0.29) is 0 Å². The molecule has 0 unspecified atom stereocenters. The van der Waals surface area contributed by atoms with Crippen LogP contribution in [0.1, 0.15) is 5.56 Å². The zero-order valence-corrected chi connectivity index (χ0v) is 12.4. The van der Waals surface area contributed by atoms with E-state index in [4.69, 9.17) is 4.74 Å². The van der Waals surface area contributed by atoms with Gasteiger partial charge >= 0.3 is 0 Å². The number of nitrogens with zero attached hydrogens (tertiary/aromatic N) is 2. The average molecular weight is 285 g/mol. The molecule has 0 saturated carbocycles. The van der Waals surface area contributed by atoms with Crippen LogP contribution in [0.5, 0.6) is 0 Å². The normalized spacial score (nSPS) is 16.4. The van der Waals surface area contributed by atoms with Gasteiger partial charge in [-0.2, -0.15) is 0 Å². The number of para-hydroxylation sites is 1. The quantitative estimate of drug-likeness (QED) is 0.820. The number of benzene rings is 1. The SMILES string of the molecule is c1cnc2c(CCNCCN3CCOCC3)cccc2c1. The fraction of sp³-hybridized carbons (Fsp3) is 0.471. The Hall–Kier alpha value is -1.49. The Morgan fingerprint density at radius 1 is 1.10 bits per heavy atom. The Kier molecular flexibility index (Phi) is 5.16. The van der Waals surface area contributed by atoms with Crippen LogP contribution in [0.3, 0.4) is 0 Å². The Bertz CT molecular complexity index is 561. The van der Waals surface area contributed by atoms with Crippen molar-refractivity contribution in [1.82, 2.24) is 15.2 Å². The van der Waals surface area contributed by atoms with Crippen molar-refractivity contribution in [2.75, 3.05) is 45.9 Å². The van der Waals surface area contributed by atoms with E-state index < -0.39 is 0 Å². The molecule has 0 radical (unpaired) electrons. The first-order valence-corrected chi connectivity index (χ1v) is 7.77. The maximum absolute atomic E-state index is 5.36. The molecule has 1 aromatic heterocycles. The van der Waals surface area contributed by atoms with E-state index in [1.807, 2.05) is 12.3 Å². The molecule has 3 rings (SSSR count). The molecular formula is C17H23N3O. The van der Waals surface area contributed by atoms with E-state index in [0.717, 1.165) is 57.9 Å². The molecule has 0 aliphatic carbocycles. The maximum Gasteiger partial charge on any atom is 0.0734 e. The predicted molar refractivity (Wildman–Crippen MR) is 85.6 cm³/mol. The minimum absolute atomic E-state index is 0.877. The van der Waals surface area contributed by atoms with Crippen molar-refractivity contribution in [3.8, 4) is 0 Å². The molecule has 4 nitrogen and oxygen atoms in total. The topological polar surface area (TPSA) is 37.4 Å². The summed E-state index contributed by atoms with van der Waals surface area (Å²) in [7, 11) is 0. The fourth-order valence-electron chi connectivity index (χ4n) is 2.78. The first-order valence-electron chi connectivity index (χ1n) is 7.77. The molecule has 1 N–H and O–H groups in total. The average Bonchev–Trinajstić information content (AvgIpc) is 2.56. The van der Waals surface area contributed by atoms with Gasteiger partial charge in [-0.05, 0) is 24.6 Å². The van der Waals surface area contributed by atoms with E-state index >= 15 is 0 Å². The summed E-state index contributed by atoms with van der Waals surface area (Å²) in [6.07, 6.45) is 2.90. The number of aromatic nitrogens is 1. The third-order valence-electron chi connectivity index (χ3n) is 4.00. The summed E-state index contributed by atoms with van der Waals surface area (Å²) in [5.41, 5.74) is 2.46. The van der Waals surface area contributed by atoms with Gasteiger partial charge in [0.15, 0.2) is 0 Å². The number of hydrogen-bond donors (Lipinski definition) is 1. The molecule has 0 atom stereocenters. The molecule has 2 heterocycles. The van der Waals surface area contributed by atoms with Gasteiger partial charge in [-0.1, -0.05) is 24.3 Å². The van der Waals surface area contributed by atoms with Crippen LogP contribution in [0.2, 0.25) is 0 Å². The molecular weight excluding hydrogens is 262 g/mol. The highest BCUT2D eigenvalue weighted by Gasteiger charge is 2.09. The van der Waals surface area contributed by atoms with Crippen molar-refractivity contribution in [3.63, 3.8) is 0 Å². The first-order chi connectivity index (χ1) is 10.4. The third-order valence-corrected chi connectivity index (χ3v) is 4.00. The number of hydrogen-bond acceptors (Lipinski definition) is 4. The molecule has 0 spiro atoms. The lowest BCUT2D eigenvalue weighted by Crippen LogP contribution is -2.40. The summed E-state index contributed by atoms with van der Waals surface area (Å²) < 4.78 is 5.36. The van der Waals surface area contributed by atoms with Gasteiger partial charge in [0.2, 0.25) is 0 Å². The van der Waals surface area contributed by atoms with Gasteiger partial charge in [0, 0.05) is 37.8 Å². The van der Waals surface area contributed by atoms with Gasteiger partial charge in [0.1, 0.15) is 0 Å². The predicted octanol–water partition coefficient (Wildman–Crippen LogP) is 1.70. The van der Waals surface area contributed by atoms with Crippen molar-refractivity contribution in [2.45, 2.75) is 6.42 Å². The van der Waals surface area contributed by atoms with Crippen molar-refractivity contribution >= 4 is 10.9 Å². The maximum atomic E-state index is 5.36. The van der Waals surface area contributed by atoms with E-state index in [1.165, 1.54) is 10.9 Å². The van der Waals surface area contributed by atoms with Crippen LogP contribution in [0, 0.1) is 0 Å². The summed E-state index contributed by atoms with van der Waals surface area (Å²) in [6.45, 7) is 7.03. The number of fused-ring (bicyclic) bond motifs is 1. The molecule has 0 bridgehead atoms. The second-order valence-corrected chi connectivity index (χ2v) is 5.45. The Morgan fingerprint density at radius 2 is 1.95 bits per heavy atom. The van der Waals surface area contributed by atoms with Crippen LogP contribution >= 0.6 is 0 Å². The number of morpholine rings is 1. The van der Waals surface area contributed by atoms with E-state index in [0.29, 0.717) is 0 Å². The highest BCUT2D eigenvalue weighted by atomic mass is 16.5. The molecule has 21 heavy (non-hydrogen) atoms. The lowest BCUT2D eigenvalue weighted by Gasteiger charge is -2.26. The smallest absolute Gasteiger partial charge is 0.0734 e. The van der Waals surface area contributed by atoms with E-state index in [9.17, 15) is 0 Å². The van der Waals surface area contributed by atoms with Gasteiger partial charge < -0.3 is 10.1 Å². The molecule has 1 aliphatic rings. The Balaban J connectivity index is 1.44. The summed E-state index contributed by atoms with van der Waals surface area (Å²) >= 11 is 0.